The largest absolute Gasteiger partial charge is 0.481 e. The molecule has 1 saturated carbocycles. The van der Waals surface area contributed by atoms with E-state index in [1.165, 1.54) is 4.90 Å². The fourth-order valence-corrected chi connectivity index (χ4v) is 2.89. The number of aliphatic carboxylic acids is 1. The van der Waals surface area contributed by atoms with Crippen molar-refractivity contribution in [3.05, 3.63) is 0 Å². The SMILES string of the molecule is O=C(CC1(C(=O)O)CCCC1)N1C[C@@H](O)[C@@H](O)C1. The monoisotopic (exact) mass is 257 g/mol. The van der Waals surface area contributed by atoms with Crippen molar-refractivity contribution in [1.29, 1.82) is 0 Å². The number of aliphatic hydroxyl groups is 2. The third kappa shape index (κ3) is 2.35. The van der Waals surface area contributed by atoms with Crippen molar-refractivity contribution in [2.75, 3.05) is 13.1 Å². The van der Waals surface area contributed by atoms with Gasteiger partial charge in [-0.15, -0.1) is 0 Å². The zero-order valence-corrected chi connectivity index (χ0v) is 10.2. The van der Waals surface area contributed by atoms with Gasteiger partial charge < -0.3 is 20.2 Å². The zero-order valence-electron chi connectivity index (χ0n) is 10.2. The Morgan fingerprint density at radius 2 is 1.61 bits per heavy atom. The number of hydrogen-bond donors (Lipinski definition) is 3. The first-order chi connectivity index (χ1) is 8.44. The van der Waals surface area contributed by atoms with Gasteiger partial charge in [0.2, 0.25) is 5.91 Å². The predicted octanol–water partition coefficient (Wildman–Crippen LogP) is -0.415. The second-order valence-electron chi connectivity index (χ2n) is 5.40. The maximum Gasteiger partial charge on any atom is 0.310 e. The molecule has 3 N–H and O–H groups in total. The summed E-state index contributed by atoms with van der Waals surface area (Å²) in [5.41, 5.74) is -0.935. The molecule has 6 heteroatoms. The lowest BCUT2D eigenvalue weighted by molar-refractivity contribution is -0.153. The topological polar surface area (TPSA) is 98.1 Å². The highest BCUT2D eigenvalue weighted by molar-refractivity contribution is 5.85. The van der Waals surface area contributed by atoms with E-state index in [0.29, 0.717) is 12.8 Å². The first-order valence-electron chi connectivity index (χ1n) is 6.32. The van der Waals surface area contributed by atoms with Crippen molar-refractivity contribution in [3.8, 4) is 0 Å². The fourth-order valence-electron chi connectivity index (χ4n) is 2.89. The molecule has 0 spiro atoms. The van der Waals surface area contributed by atoms with Crippen LogP contribution in [0.1, 0.15) is 32.1 Å². The highest BCUT2D eigenvalue weighted by Gasteiger charge is 2.45. The zero-order chi connectivity index (χ0) is 13.3. The van der Waals surface area contributed by atoms with Crippen LogP contribution in [0, 0.1) is 5.41 Å². The molecule has 2 rings (SSSR count). The number of amides is 1. The van der Waals surface area contributed by atoms with Gasteiger partial charge in [0.15, 0.2) is 0 Å². The molecule has 102 valence electrons. The molecule has 0 aromatic heterocycles. The molecule has 2 atom stereocenters. The van der Waals surface area contributed by atoms with E-state index in [2.05, 4.69) is 0 Å². The Kier molecular flexibility index (Phi) is 3.59. The summed E-state index contributed by atoms with van der Waals surface area (Å²) in [4.78, 5) is 24.7. The van der Waals surface area contributed by atoms with Crippen LogP contribution in [-0.2, 0) is 9.59 Å². The van der Waals surface area contributed by atoms with Crippen LogP contribution in [0.25, 0.3) is 0 Å². The summed E-state index contributed by atoms with van der Waals surface area (Å²) in [7, 11) is 0. The average molecular weight is 257 g/mol. The molecule has 0 radical (unpaired) electrons. The molecule has 6 nitrogen and oxygen atoms in total. The summed E-state index contributed by atoms with van der Waals surface area (Å²) < 4.78 is 0. The minimum atomic E-state index is -0.935. The average Bonchev–Trinajstić information content (AvgIpc) is 2.88. The molecule has 18 heavy (non-hydrogen) atoms. The maximum absolute atomic E-state index is 12.0. The fraction of sp³-hybridized carbons (Fsp3) is 0.833. The van der Waals surface area contributed by atoms with Crippen LogP contribution in [0.15, 0.2) is 0 Å². The van der Waals surface area contributed by atoms with E-state index in [-0.39, 0.29) is 25.4 Å². The Balaban J connectivity index is 2.00. The van der Waals surface area contributed by atoms with E-state index in [1.807, 2.05) is 0 Å². The summed E-state index contributed by atoms with van der Waals surface area (Å²) in [6, 6.07) is 0. The van der Waals surface area contributed by atoms with Gasteiger partial charge in [0, 0.05) is 19.5 Å². The lowest BCUT2D eigenvalue weighted by atomic mass is 9.82. The summed E-state index contributed by atoms with van der Waals surface area (Å²) in [6.45, 7) is 0.186. The van der Waals surface area contributed by atoms with Gasteiger partial charge >= 0.3 is 5.97 Å². The highest BCUT2D eigenvalue weighted by atomic mass is 16.4. The van der Waals surface area contributed by atoms with Crippen LogP contribution in [0.3, 0.4) is 0 Å². The Labute approximate surface area is 105 Å². The second-order valence-corrected chi connectivity index (χ2v) is 5.40. The molecule has 2 aliphatic rings. The lowest BCUT2D eigenvalue weighted by Gasteiger charge is -2.26. The van der Waals surface area contributed by atoms with Crippen LogP contribution in [0.5, 0.6) is 0 Å². The first kappa shape index (κ1) is 13.3. The number of hydrogen-bond acceptors (Lipinski definition) is 4. The molecule has 0 aromatic carbocycles. The van der Waals surface area contributed by atoms with E-state index in [9.17, 15) is 24.9 Å². The minimum absolute atomic E-state index is 0.0260. The van der Waals surface area contributed by atoms with Crippen LogP contribution in [-0.4, -0.2) is 57.4 Å². The normalized spacial score (nSPS) is 30.7. The number of rotatable bonds is 3. The summed E-state index contributed by atoms with van der Waals surface area (Å²) in [6.07, 6.45) is 0.883. The molecule has 2 fully saturated rings. The van der Waals surface area contributed by atoms with Crippen molar-refractivity contribution < 1.29 is 24.9 Å². The molecule has 1 aliphatic carbocycles. The third-order valence-electron chi connectivity index (χ3n) is 4.12. The second kappa shape index (κ2) is 4.85. The molecule has 1 amide bonds. The first-order valence-corrected chi connectivity index (χ1v) is 6.32. The van der Waals surface area contributed by atoms with Crippen molar-refractivity contribution in [2.24, 2.45) is 5.41 Å². The quantitative estimate of drug-likeness (QED) is 0.638. The number of carboxylic acid groups (broad SMARTS) is 1. The Hall–Kier alpha value is -1.14. The third-order valence-corrected chi connectivity index (χ3v) is 4.12. The van der Waals surface area contributed by atoms with Gasteiger partial charge in [0.1, 0.15) is 0 Å². The Morgan fingerprint density at radius 3 is 2.06 bits per heavy atom. The van der Waals surface area contributed by atoms with Gasteiger partial charge in [0.05, 0.1) is 17.6 Å². The van der Waals surface area contributed by atoms with E-state index >= 15 is 0 Å². The molecule has 1 saturated heterocycles. The van der Waals surface area contributed by atoms with E-state index < -0.39 is 23.6 Å². The predicted molar refractivity (Wildman–Crippen MR) is 61.7 cm³/mol. The number of carbonyl (C=O) groups is 2. The van der Waals surface area contributed by atoms with Crippen LogP contribution >= 0.6 is 0 Å². The van der Waals surface area contributed by atoms with Gasteiger partial charge in [-0.3, -0.25) is 9.59 Å². The number of aliphatic hydroxyl groups excluding tert-OH is 2. The van der Waals surface area contributed by atoms with Gasteiger partial charge in [-0.2, -0.15) is 0 Å². The van der Waals surface area contributed by atoms with Crippen LogP contribution in [0.2, 0.25) is 0 Å². The minimum Gasteiger partial charge on any atom is -0.481 e. The molecule has 1 heterocycles. The number of β-amino-alcohol motifs (C(OH)–C–C–N with tert-alkyl or cyclic N) is 2. The molecular formula is C12H19NO5. The lowest BCUT2D eigenvalue weighted by Crippen LogP contribution is -2.38. The van der Waals surface area contributed by atoms with Crippen molar-refractivity contribution in [1.82, 2.24) is 4.90 Å². The van der Waals surface area contributed by atoms with E-state index in [0.717, 1.165) is 12.8 Å². The van der Waals surface area contributed by atoms with Crippen molar-refractivity contribution in [3.63, 3.8) is 0 Å². The molecular weight excluding hydrogens is 238 g/mol. The van der Waals surface area contributed by atoms with E-state index in [4.69, 9.17) is 0 Å². The summed E-state index contributed by atoms with van der Waals surface area (Å²) in [5.74, 6) is -1.19. The highest BCUT2D eigenvalue weighted by Crippen LogP contribution is 2.41. The molecule has 0 aromatic rings. The molecule has 0 unspecified atom stereocenters. The smallest absolute Gasteiger partial charge is 0.310 e. The number of carbonyl (C=O) groups excluding carboxylic acids is 1. The van der Waals surface area contributed by atoms with Crippen LogP contribution < -0.4 is 0 Å². The van der Waals surface area contributed by atoms with Gasteiger partial charge in [0.25, 0.3) is 0 Å². The van der Waals surface area contributed by atoms with E-state index in [1.54, 1.807) is 0 Å². The molecule has 0 bridgehead atoms. The Morgan fingerprint density at radius 1 is 1.11 bits per heavy atom. The maximum atomic E-state index is 12.0. The number of nitrogens with zero attached hydrogens (tertiary/aromatic N) is 1. The summed E-state index contributed by atoms with van der Waals surface area (Å²) >= 11 is 0. The number of likely N-dealkylation sites (tertiary alicyclic amines) is 1. The number of carboxylic acids is 1. The van der Waals surface area contributed by atoms with Crippen molar-refractivity contribution in [2.45, 2.75) is 44.3 Å². The molecule has 1 aliphatic heterocycles. The standard InChI is InChI=1S/C12H19NO5/c14-8-6-13(7-9(8)15)10(16)5-12(11(17)18)3-1-2-4-12/h8-9,14-15H,1-7H2,(H,17,18)/t8-,9+. The summed E-state index contributed by atoms with van der Waals surface area (Å²) in [5, 5.41) is 28.1. The van der Waals surface area contributed by atoms with Gasteiger partial charge in [-0.05, 0) is 12.8 Å². The van der Waals surface area contributed by atoms with Crippen LogP contribution in [0.4, 0.5) is 0 Å². The van der Waals surface area contributed by atoms with Gasteiger partial charge in [-0.1, -0.05) is 12.8 Å². The van der Waals surface area contributed by atoms with Crippen molar-refractivity contribution >= 4 is 11.9 Å². The van der Waals surface area contributed by atoms with Gasteiger partial charge in [-0.25, -0.2) is 0 Å². The Bertz CT molecular complexity index is 340.